The first-order valence-electron chi connectivity index (χ1n) is 8.88. The molecule has 1 aromatic heterocycles. The molecular formula is C21H13ClF3N3O3. The number of H-pyrrole nitrogens is 2. The van der Waals surface area contributed by atoms with Gasteiger partial charge in [-0.2, -0.15) is 13.2 Å². The number of fused-ring (bicyclic) bond motifs is 1. The maximum Gasteiger partial charge on any atom is 0.417 e. The van der Waals surface area contributed by atoms with E-state index in [1.54, 1.807) is 30.3 Å². The number of hydrogen-bond acceptors (Lipinski definition) is 3. The smallest absolute Gasteiger partial charge is 0.417 e. The fourth-order valence-corrected chi connectivity index (χ4v) is 3.19. The van der Waals surface area contributed by atoms with Gasteiger partial charge in [0.1, 0.15) is 11.3 Å². The van der Waals surface area contributed by atoms with Crippen molar-refractivity contribution in [1.82, 2.24) is 9.97 Å². The topological polar surface area (TPSA) is 87.0 Å². The van der Waals surface area contributed by atoms with E-state index in [-0.39, 0.29) is 16.9 Å². The van der Waals surface area contributed by atoms with Gasteiger partial charge in [0.2, 0.25) is 0 Å². The highest BCUT2D eigenvalue weighted by molar-refractivity contribution is 6.31. The Morgan fingerprint density at radius 2 is 1.77 bits per heavy atom. The fourth-order valence-electron chi connectivity index (χ4n) is 2.97. The molecule has 0 fully saturated rings. The number of carbonyl (C=O) groups is 1. The van der Waals surface area contributed by atoms with Gasteiger partial charge in [0.15, 0.2) is 5.75 Å². The first-order valence-corrected chi connectivity index (χ1v) is 9.25. The zero-order chi connectivity index (χ0) is 22.2. The third-order valence-corrected chi connectivity index (χ3v) is 4.70. The molecule has 0 saturated heterocycles. The van der Waals surface area contributed by atoms with E-state index in [2.05, 4.69) is 15.3 Å². The van der Waals surface area contributed by atoms with Gasteiger partial charge in [0.25, 0.3) is 5.91 Å². The molecule has 0 unspecified atom stereocenters. The van der Waals surface area contributed by atoms with Crippen molar-refractivity contribution in [1.29, 1.82) is 0 Å². The fraction of sp³-hybridized carbons (Fsp3) is 0.0476. The summed E-state index contributed by atoms with van der Waals surface area (Å²) in [5.41, 5.74) is -0.306. The Hall–Kier alpha value is -3.72. The Morgan fingerprint density at radius 1 is 1.00 bits per heavy atom. The van der Waals surface area contributed by atoms with Crippen molar-refractivity contribution < 1.29 is 22.7 Å². The first-order chi connectivity index (χ1) is 14.7. The molecular weight excluding hydrogens is 435 g/mol. The molecule has 4 rings (SSSR count). The molecule has 3 aromatic carbocycles. The van der Waals surface area contributed by atoms with Crippen molar-refractivity contribution in [2.24, 2.45) is 0 Å². The van der Waals surface area contributed by atoms with E-state index in [0.717, 1.165) is 12.1 Å². The zero-order valence-corrected chi connectivity index (χ0v) is 16.3. The van der Waals surface area contributed by atoms with Crippen molar-refractivity contribution in [3.05, 3.63) is 87.3 Å². The molecule has 1 amide bonds. The van der Waals surface area contributed by atoms with E-state index in [1.807, 2.05) is 0 Å². The number of anilines is 1. The minimum Gasteiger partial charge on any atom is -0.455 e. The quantitative estimate of drug-likeness (QED) is 0.382. The lowest BCUT2D eigenvalue weighted by Gasteiger charge is -2.12. The van der Waals surface area contributed by atoms with E-state index in [9.17, 15) is 22.8 Å². The normalized spacial score (nSPS) is 11.5. The molecule has 1 heterocycles. The Morgan fingerprint density at radius 3 is 2.55 bits per heavy atom. The molecule has 0 aliphatic rings. The SMILES string of the molecule is O=C(Nc1ccc(Cl)c(C(F)(F)F)c1)c1cccc(Oc2cccc3[nH]c(=O)[nH]c23)c1. The predicted molar refractivity (Wildman–Crippen MR) is 110 cm³/mol. The summed E-state index contributed by atoms with van der Waals surface area (Å²) >= 11 is 5.60. The van der Waals surface area contributed by atoms with Crippen LogP contribution in [0.1, 0.15) is 15.9 Å². The highest BCUT2D eigenvalue weighted by Gasteiger charge is 2.33. The Balaban J connectivity index is 1.57. The molecule has 0 aliphatic carbocycles. The van der Waals surface area contributed by atoms with Gasteiger partial charge >= 0.3 is 11.9 Å². The number of ether oxygens (including phenoxy) is 1. The Bertz CT molecular complexity index is 1340. The van der Waals surface area contributed by atoms with Gasteiger partial charge in [0.05, 0.1) is 16.1 Å². The second-order valence-electron chi connectivity index (χ2n) is 6.53. The number of para-hydroxylation sites is 1. The second-order valence-corrected chi connectivity index (χ2v) is 6.94. The van der Waals surface area contributed by atoms with Gasteiger partial charge in [-0.1, -0.05) is 23.7 Å². The van der Waals surface area contributed by atoms with Crippen molar-refractivity contribution in [3.8, 4) is 11.5 Å². The number of amides is 1. The van der Waals surface area contributed by atoms with Gasteiger partial charge in [-0.3, -0.25) is 4.79 Å². The molecule has 0 saturated carbocycles. The van der Waals surface area contributed by atoms with Gasteiger partial charge in [-0.15, -0.1) is 0 Å². The van der Waals surface area contributed by atoms with Gasteiger partial charge in [-0.25, -0.2) is 4.79 Å². The van der Waals surface area contributed by atoms with Crippen molar-refractivity contribution in [3.63, 3.8) is 0 Å². The molecule has 10 heteroatoms. The maximum atomic E-state index is 13.0. The molecule has 0 atom stereocenters. The van der Waals surface area contributed by atoms with E-state index >= 15 is 0 Å². The minimum absolute atomic E-state index is 0.0530. The lowest BCUT2D eigenvalue weighted by Crippen LogP contribution is -2.13. The number of aromatic amines is 2. The van der Waals surface area contributed by atoms with Crippen LogP contribution in [0, 0.1) is 0 Å². The monoisotopic (exact) mass is 447 g/mol. The summed E-state index contributed by atoms with van der Waals surface area (Å²) in [5, 5.41) is 1.96. The summed E-state index contributed by atoms with van der Waals surface area (Å²) < 4.78 is 44.9. The molecule has 158 valence electrons. The molecule has 4 aromatic rings. The lowest BCUT2D eigenvalue weighted by molar-refractivity contribution is -0.137. The summed E-state index contributed by atoms with van der Waals surface area (Å²) in [6.07, 6.45) is -4.65. The van der Waals surface area contributed by atoms with Crippen LogP contribution in [0.15, 0.2) is 65.5 Å². The Kier molecular flexibility index (Phi) is 5.20. The van der Waals surface area contributed by atoms with Gasteiger partial charge in [-0.05, 0) is 48.5 Å². The van der Waals surface area contributed by atoms with Crippen LogP contribution in [-0.4, -0.2) is 15.9 Å². The van der Waals surface area contributed by atoms with Crippen LogP contribution in [0.25, 0.3) is 11.0 Å². The molecule has 0 aliphatic heterocycles. The maximum absolute atomic E-state index is 13.0. The number of benzene rings is 3. The van der Waals surface area contributed by atoms with Crippen LogP contribution in [0.5, 0.6) is 11.5 Å². The van der Waals surface area contributed by atoms with Crippen LogP contribution in [0.3, 0.4) is 0 Å². The van der Waals surface area contributed by atoms with Crippen LogP contribution in [0.2, 0.25) is 5.02 Å². The van der Waals surface area contributed by atoms with E-state index in [4.69, 9.17) is 16.3 Å². The average molecular weight is 448 g/mol. The van der Waals surface area contributed by atoms with Crippen LogP contribution < -0.4 is 15.7 Å². The second kappa shape index (κ2) is 7.84. The number of hydrogen-bond donors (Lipinski definition) is 3. The van der Waals surface area contributed by atoms with Crippen LogP contribution in [-0.2, 0) is 6.18 Å². The average Bonchev–Trinajstić information content (AvgIpc) is 3.10. The summed E-state index contributed by atoms with van der Waals surface area (Å²) in [7, 11) is 0. The van der Waals surface area contributed by atoms with E-state index < -0.39 is 22.7 Å². The number of carbonyl (C=O) groups excluding carboxylic acids is 1. The van der Waals surface area contributed by atoms with Crippen molar-refractivity contribution in [2.75, 3.05) is 5.32 Å². The number of rotatable bonds is 4. The molecule has 3 N–H and O–H groups in total. The number of aromatic nitrogens is 2. The van der Waals surface area contributed by atoms with Crippen molar-refractivity contribution in [2.45, 2.75) is 6.18 Å². The standard InChI is InChI=1S/C21H13ClF3N3O3/c22-15-8-7-12(10-14(15)21(23,24)25)26-19(29)11-3-1-4-13(9-11)31-17-6-2-5-16-18(17)28-20(30)27-16/h1-10H,(H,26,29)(H2,27,28,30). The highest BCUT2D eigenvalue weighted by atomic mass is 35.5. The summed E-state index contributed by atoms with van der Waals surface area (Å²) in [6, 6.07) is 14.2. The molecule has 0 radical (unpaired) electrons. The first kappa shape index (κ1) is 20.5. The molecule has 31 heavy (non-hydrogen) atoms. The van der Waals surface area contributed by atoms with Gasteiger partial charge in [0, 0.05) is 11.3 Å². The summed E-state index contributed by atoms with van der Waals surface area (Å²) in [5.74, 6) is 0.0318. The van der Waals surface area contributed by atoms with Gasteiger partial charge < -0.3 is 20.0 Å². The minimum atomic E-state index is -4.65. The van der Waals surface area contributed by atoms with Crippen LogP contribution >= 0.6 is 11.6 Å². The number of halogens is 4. The Labute approximate surface area is 177 Å². The third kappa shape index (κ3) is 4.41. The highest BCUT2D eigenvalue weighted by Crippen LogP contribution is 2.36. The van der Waals surface area contributed by atoms with Crippen molar-refractivity contribution >= 4 is 34.2 Å². The number of imidazole rings is 1. The number of alkyl halides is 3. The summed E-state index contributed by atoms with van der Waals surface area (Å²) in [4.78, 5) is 29.3. The predicted octanol–water partition coefficient (Wildman–Crippen LogP) is 5.57. The molecule has 0 bridgehead atoms. The largest absolute Gasteiger partial charge is 0.455 e. The lowest BCUT2D eigenvalue weighted by atomic mass is 10.1. The zero-order valence-electron chi connectivity index (χ0n) is 15.5. The van der Waals surface area contributed by atoms with E-state index in [0.29, 0.717) is 22.5 Å². The van der Waals surface area contributed by atoms with E-state index in [1.165, 1.54) is 18.2 Å². The summed E-state index contributed by atoms with van der Waals surface area (Å²) in [6.45, 7) is 0. The third-order valence-electron chi connectivity index (χ3n) is 4.37. The molecule has 6 nitrogen and oxygen atoms in total. The van der Waals surface area contributed by atoms with Crippen LogP contribution in [0.4, 0.5) is 18.9 Å². The molecule has 0 spiro atoms. The number of nitrogens with one attached hydrogen (secondary N) is 3.